The lowest BCUT2D eigenvalue weighted by atomic mass is 10.3. The molecule has 90 valence electrons. The molecule has 0 bridgehead atoms. The maximum absolute atomic E-state index is 6.05. The van der Waals surface area contributed by atoms with Crippen LogP contribution in [0.3, 0.4) is 0 Å². The lowest BCUT2D eigenvalue weighted by Gasteiger charge is -2.04. The quantitative estimate of drug-likeness (QED) is 0.862. The van der Waals surface area contributed by atoms with Crippen LogP contribution in [-0.2, 0) is 5.75 Å². The van der Waals surface area contributed by atoms with Crippen molar-refractivity contribution in [3.05, 3.63) is 28.7 Å². The number of thioether (sulfide) groups is 1. The van der Waals surface area contributed by atoms with E-state index in [9.17, 15) is 0 Å². The summed E-state index contributed by atoms with van der Waals surface area (Å²) in [5.41, 5.74) is 0.791. The number of aryl methyl sites for hydroxylation is 1. The second-order valence-electron chi connectivity index (χ2n) is 3.25. The molecule has 0 aliphatic carbocycles. The summed E-state index contributed by atoms with van der Waals surface area (Å²) in [6.45, 7) is 1.75. The van der Waals surface area contributed by atoms with Gasteiger partial charge in [-0.2, -0.15) is 0 Å². The van der Waals surface area contributed by atoms with Crippen molar-refractivity contribution < 1.29 is 4.42 Å². The summed E-state index contributed by atoms with van der Waals surface area (Å²) in [7, 11) is 1.81. The van der Waals surface area contributed by atoms with Crippen LogP contribution >= 0.6 is 23.4 Å². The average molecular weight is 271 g/mol. The summed E-state index contributed by atoms with van der Waals surface area (Å²) < 4.78 is 5.26. The van der Waals surface area contributed by atoms with Gasteiger partial charge < -0.3 is 9.73 Å². The fraction of sp³-hybridized carbons (Fsp3) is 0.300. The zero-order valence-electron chi connectivity index (χ0n) is 9.40. The van der Waals surface area contributed by atoms with E-state index in [1.54, 1.807) is 6.92 Å². The van der Waals surface area contributed by atoms with Crippen LogP contribution < -0.4 is 5.32 Å². The van der Waals surface area contributed by atoms with Crippen LogP contribution in [0.1, 0.15) is 11.6 Å². The van der Waals surface area contributed by atoms with Crippen LogP contribution in [0.4, 0.5) is 5.82 Å². The number of rotatable bonds is 4. The van der Waals surface area contributed by atoms with Gasteiger partial charge in [0.2, 0.25) is 5.89 Å². The standard InChI is InChI=1S/C10H11ClN4OS/c1-6-14-15-10(16-6)17-5-8-7(11)3-4-9(12-2)13-8/h3-4H,5H2,1-2H3,(H,12,13). The van der Waals surface area contributed by atoms with E-state index in [2.05, 4.69) is 20.5 Å². The second-order valence-corrected chi connectivity index (χ2v) is 4.58. The van der Waals surface area contributed by atoms with Crippen molar-refractivity contribution in [2.45, 2.75) is 17.9 Å². The van der Waals surface area contributed by atoms with Gasteiger partial charge in [0.25, 0.3) is 5.22 Å². The predicted molar refractivity (Wildman–Crippen MR) is 67.4 cm³/mol. The molecule has 0 radical (unpaired) electrons. The molecular weight excluding hydrogens is 260 g/mol. The van der Waals surface area contributed by atoms with Crippen molar-refractivity contribution in [1.82, 2.24) is 15.2 Å². The molecule has 0 unspecified atom stereocenters. The molecule has 2 aromatic rings. The van der Waals surface area contributed by atoms with Crippen LogP contribution in [0.25, 0.3) is 0 Å². The van der Waals surface area contributed by atoms with Gasteiger partial charge in [-0.15, -0.1) is 10.2 Å². The van der Waals surface area contributed by atoms with E-state index in [0.717, 1.165) is 11.5 Å². The average Bonchev–Trinajstić information content (AvgIpc) is 2.74. The minimum atomic E-state index is 0.523. The lowest BCUT2D eigenvalue weighted by molar-refractivity contribution is 0.429. The van der Waals surface area contributed by atoms with Gasteiger partial charge in [0.15, 0.2) is 0 Å². The third kappa shape index (κ3) is 3.10. The largest absolute Gasteiger partial charge is 0.416 e. The van der Waals surface area contributed by atoms with Gasteiger partial charge in [-0.25, -0.2) is 4.98 Å². The molecule has 0 amide bonds. The highest BCUT2D eigenvalue weighted by molar-refractivity contribution is 7.98. The first-order chi connectivity index (χ1) is 8.19. The number of hydrogen-bond acceptors (Lipinski definition) is 6. The molecule has 17 heavy (non-hydrogen) atoms. The van der Waals surface area contributed by atoms with Gasteiger partial charge in [0, 0.05) is 19.7 Å². The number of hydrogen-bond donors (Lipinski definition) is 1. The molecular formula is C10H11ClN4OS. The molecule has 2 rings (SSSR count). The Hall–Kier alpha value is -1.27. The van der Waals surface area contributed by atoms with E-state index in [1.165, 1.54) is 11.8 Å². The summed E-state index contributed by atoms with van der Waals surface area (Å²) in [6.07, 6.45) is 0. The first-order valence-corrected chi connectivity index (χ1v) is 6.31. The Bertz CT molecular complexity index is 517. The van der Waals surface area contributed by atoms with Crippen LogP contribution in [0.2, 0.25) is 5.02 Å². The number of nitrogens with one attached hydrogen (secondary N) is 1. The van der Waals surface area contributed by atoms with E-state index < -0.39 is 0 Å². The van der Waals surface area contributed by atoms with E-state index in [4.69, 9.17) is 16.0 Å². The van der Waals surface area contributed by atoms with Gasteiger partial charge in [0.05, 0.1) is 10.7 Å². The van der Waals surface area contributed by atoms with Gasteiger partial charge in [-0.3, -0.25) is 0 Å². The van der Waals surface area contributed by atoms with Crippen molar-refractivity contribution in [1.29, 1.82) is 0 Å². The van der Waals surface area contributed by atoms with E-state index in [-0.39, 0.29) is 0 Å². The third-order valence-corrected chi connectivity index (χ3v) is 3.19. The highest BCUT2D eigenvalue weighted by Gasteiger charge is 2.08. The maximum Gasteiger partial charge on any atom is 0.276 e. The predicted octanol–water partition coefficient (Wildman–Crippen LogP) is 2.76. The first kappa shape index (κ1) is 12.2. The minimum Gasteiger partial charge on any atom is -0.416 e. The molecule has 2 heterocycles. The lowest BCUT2D eigenvalue weighted by Crippen LogP contribution is -1.96. The molecule has 0 spiro atoms. The van der Waals surface area contributed by atoms with E-state index in [1.807, 2.05) is 19.2 Å². The van der Waals surface area contributed by atoms with E-state index >= 15 is 0 Å². The van der Waals surface area contributed by atoms with Crippen LogP contribution in [0.15, 0.2) is 21.8 Å². The Kier molecular flexibility index (Phi) is 3.86. The Morgan fingerprint density at radius 2 is 2.24 bits per heavy atom. The monoisotopic (exact) mass is 270 g/mol. The Labute approximate surface area is 108 Å². The van der Waals surface area contributed by atoms with Crippen molar-refractivity contribution in [3.8, 4) is 0 Å². The number of pyridine rings is 1. The van der Waals surface area contributed by atoms with Crippen molar-refractivity contribution in [2.75, 3.05) is 12.4 Å². The van der Waals surface area contributed by atoms with Crippen molar-refractivity contribution in [3.63, 3.8) is 0 Å². The molecule has 1 N–H and O–H groups in total. The highest BCUT2D eigenvalue weighted by Crippen LogP contribution is 2.25. The Morgan fingerprint density at radius 1 is 1.41 bits per heavy atom. The third-order valence-electron chi connectivity index (χ3n) is 2.01. The molecule has 0 atom stereocenters. The molecule has 0 saturated heterocycles. The molecule has 5 nitrogen and oxygen atoms in total. The molecule has 0 fully saturated rings. The summed E-state index contributed by atoms with van der Waals surface area (Å²) >= 11 is 7.47. The van der Waals surface area contributed by atoms with E-state index in [0.29, 0.717) is 21.9 Å². The Morgan fingerprint density at radius 3 is 2.88 bits per heavy atom. The molecule has 0 saturated carbocycles. The minimum absolute atomic E-state index is 0.523. The number of anilines is 1. The number of halogens is 1. The van der Waals surface area contributed by atoms with Crippen molar-refractivity contribution in [2.24, 2.45) is 0 Å². The smallest absolute Gasteiger partial charge is 0.276 e. The first-order valence-electron chi connectivity index (χ1n) is 4.95. The summed E-state index contributed by atoms with van der Waals surface area (Å²) in [5.74, 6) is 1.93. The molecule has 0 aliphatic heterocycles. The van der Waals surface area contributed by atoms with Gasteiger partial charge in [-0.1, -0.05) is 23.4 Å². The fourth-order valence-electron chi connectivity index (χ4n) is 1.19. The fourth-order valence-corrected chi connectivity index (χ4v) is 2.20. The second kappa shape index (κ2) is 5.37. The summed E-state index contributed by atoms with van der Waals surface area (Å²) in [5, 5.41) is 11.8. The Balaban J connectivity index is 2.07. The van der Waals surface area contributed by atoms with Crippen LogP contribution in [0.5, 0.6) is 0 Å². The zero-order chi connectivity index (χ0) is 12.3. The zero-order valence-corrected chi connectivity index (χ0v) is 11.0. The van der Waals surface area contributed by atoms with Crippen LogP contribution in [0, 0.1) is 6.92 Å². The van der Waals surface area contributed by atoms with Crippen molar-refractivity contribution >= 4 is 29.2 Å². The summed E-state index contributed by atoms with van der Waals surface area (Å²) in [6, 6.07) is 3.64. The van der Waals surface area contributed by atoms with Gasteiger partial charge in [-0.05, 0) is 12.1 Å². The molecule has 2 aromatic heterocycles. The number of aromatic nitrogens is 3. The number of nitrogens with zero attached hydrogens (tertiary/aromatic N) is 3. The highest BCUT2D eigenvalue weighted by atomic mass is 35.5. The van der Waals surface area contributed by atoms with Gasteiger partial charge in [0.1, 0.15) is 5.82 Å². The van der Waals surface area contributed by atoms with Gasteiger partial charge >= 0.3 is 0 Å². The normalized spacial score (nSPS) is 10.5. The molecule has 7 heteroatoms. The maximum atomic E-state index is 6.05. The molecule has 0 aliphatic rings. The molecule has 0 aromatic carbocycles. The topological polar surface area (TPSA) is 63.8 Å². The SMILES string of the molecule is CNc1ccc(Cl)c(CSc2nnc(C)o2)n1. The summed E-state index contributed by atoms with van der Waals surface area (Å²) in [4.78, 5) is 4.36. The van der Waals surface area contributed by atoms with Crippen LogP contribution in [-0.4, -0.2) is 22.2 Å².